The van der Waals surface area contributed by atoms with Crippen molar-refractivity contribution < 1.29 is 14.3 Å². The first-order valence-corrected chi connectivity index (χ1v) is 9.16. The molecular weight excluding hydrogens is 357 g/mol. The highest BCUT2D eigenvalue weighted by molar-refractivity contribution is 5.92. The number of halogens is 1. The third kappa shape index (κ3) is 4.40. The van der Waals surface area contributed by atoms with Crippen LogP contribution in [0.3, 0.4) is 0 Å². The van der Waals surface area contributed by atoms with E-state index >= 15 is 0 Å². The fourth-order valence-electron chi connectivity index (χ4n) is 2.67. The van der Waals surface area contributed by atoms with Crippen LogP contribution in [0.1, 0.15) is 37.6 Å². The quantitative estimate of drug-likeness (QED) is 0.668. The molecule has 2 N–H and O–H groups in total. The van der Waals surface area contributed by atoms with Gasteiger partial charge < -0.3 is 10.4 Å². The summed E-state index contributed by atoms with van der Waals surface area (Å²) in [4.78, 5) is 21.2. The second-order valence-electron chi connectivity index (χ2n) is 6.61. The number of nitrogens with one attached hydrogen (secondary N) is 1. The van der Waals surface area contributed by atoms with E-state index in [0.29, 0.717) is 23.2 Å². The minimum atomic E-state index is -1.07. The Bertz CT molecular complexity index is 946. The first kappa shape index (κ1) is 19.6. The topological polar surface area (TPSA) is 75.1 Å². The van der Waals surface area contributed by atoms with Crippen molar-refractivity contribution in [3.8, 4) is 11.3 Å². The van der Waals surface area contributed by atoms with Crippen molar-refractivity contribution in [1.82, 2.24) is 9.97 Å². The first-order valence-electron chi connectivity index (χ1n) is 9.16. The van der Waals surface area contributed by atoms with E-state index in [1.165, 1.54) is 18.3 Å². The minimum absolute atomic E-state index is 0.187. The van der Waals surface area contributed by atoms with Crippen LogP contribution in [0.5, 0.6) is 0 Å². The van der Waals surface area contributed by atoms with Crippen LogP contribution < -0.4 is 5.32 Å². The number of hydrogen-bond donors (Lipinski definition) is 2. The average Bonchev–Trinajstić information content (AvgIpc) is 2.74. The van der Waals surface area contributed by atoms with Gasteiger partial charge in [-0.05, 0) is 36.2 Å². The van der Waals surface area contributed by atoms with Crippen molar-refractivity contribution >= 4 is 11.7 Å². The number of aliphatic hydroxyl groups excluding tert-OH is 1. The molecule has 5 nitrogen and oxygen atoms in total. The molecule has 3 aromatic rings. The fraction of sp³-hybridized carbons (Fsp3) is 0.227. The number of aliphatic hydroxyl groups is 1. The van der Waals surface area contributed by atoms with Crippen molar-refractivity contribution in [3.63, 3.8) is 0 Å². The zero-order valence-electron chi connectivity index (χ0n) is 15.8. The van der Waals surface area contributed by atoms with Gasteiger partial charge in [-0.2, -0.15) is 0 Å². The Labute approximate surface area is 163 Å². The summed E-state index contributed by atoms with van der Waals surface area (Å²) in [6, 6.07) is 14.9. The smallest absolute Gasteiger partial charge is 0.228 e. The molecule has 2 unspecified atom stereocenters. The van der Waals surface area contributed by atoms with Gasteiger partial charge in [-0.3, -0.25) is 4.79 Å². The number of rotatable bonds is 6. The predicted molar refractivity (Wildman–Crippen MR) is 106 cm³/mol. The van der Waals surface area contributed by atoms with Gasteiger partial charge in [0.2, 0.25) is 5.91 Å². The van der Waals surface area contributed by atoms with E-state index in [1.807, 2.05) is 32.0 Å². The van der Waals surface area contributed by atoms with E-state index < -0.39 is 6.10 Å². The first-order chi connectivity index (χ1) is 13.5. The molecule has 0 radical (unpaired) electrons. The van der Waals surface area contributed by atoms with Crippen LogP contribution in [0.15, 0.2) is 60.8 Å². The van der Waals surface area contributed by atoms with E-state index in [4.69, 9.17) is 0 Å². The summed E-state index contributed by atoms with van der Waals surface area (Å²) in [5, 5.41) is 13.7. The van der Waals surface area contributed by atoms with Crippen LogP contribution in [-0.2, 0) is 4.79 Å². The summed E-state index contributed by atoms with van der Waals surface area (Å²) < 4.78 is 13.2. The van der Waals surface area contributed by atoms with Gasteiger partial charge in [0.15, 0.2) is 5.82 Å². The molecule has 144 valence electrons. The molecule has 0 aliphatic carbocycles. The van der Waals surface area contributed by atoms with Crippen molar-refractivity contribution in [2.75, 3.05) is 5.32 Å². The number of carbonyl (C=O) groups is 1. The molecule has 0 aliphatic rings. The number of aromatic nitrogens is 2. The Kier molecular flexibility index (Phi) is 6.11. The van der Waals surface area contributed by atoms with E-state index in [9.17, 15) is 14.3 Å². The third-order valence-corrected chi connectivity index (χ3v) is 4.62. The third-order valence-electron chi connectivity index (χ3n) is 4.62. The largest absolute Gasteiger partial charge is 0.382 e. The SMILES string of the molecule is CCC(C)C(=O)Nc1ncc(-c2ccc(F)cc2)nc1C(O)c1ccccc1. The summed E-state index contributed by atoms with van der Waals surface area (Å²) in [5.41, 5.74) is 2.01. The molecule has 0 bridgehead atoms. The lowest BCUT2D eigenvalue weighted by Crippen LogP contribution is -2.22. The van der Waals surface area contributed by atoms with E-state index in [2.05, 4.69) is 15.3 Å². The Hall–Kier alpha value is -3.12. The molecule has 28 heavy (non-hydrogen) atoms. The lowest BCUT2D eigenvalue weighted by molar-refractivity contribution is -0.119. The lowest BCUT2D eigenvalue weighted by atomic mass is 10.0. The lowest BCUT2D eigenvalue weighted by Gasteiger charge is -2.17. The molecule has 3 rings (SSSR count). The number of anilines is 1. The summed E-state index contributed by atoms with van der Waals surface area (Å²) in [6.07, 6.45) is 1.12. The Morgan fingerprint density at radius 3 is 2.46 bits per heavy atom. The summed E-state index contributed by atoms with van der Waals surface area (Å²) >= 11 is 0. The van der Waals surface area contributed by atoms with Crippen LogP contribution in [0.2, 0.25) is 0 Å². The molecule has 1 heterocycles. The van der Waals surface area contributed by atoms with Crippen molar-refractivity contribution in [2.45, 2.75) is 26.4 Å². The molecule has 0 aliphatic heterocycles. The van der Waals surface area contributed by atoms with Gasteiger partial charge in [0.1, 0.15) is 17.6 Å². The number of nitrogens with zero attached hydrogens (tertiary/aromatic N) is 2. The highest BCUT2D eigenvalue weighted by Gasteiger charge is 2.21. The maximum atomic E-state index is 13.2. The van der Waals surface area contributed by atoms with Gasteiger partial charge in [-0.15, -0.1) is 0 Å². The zero-order valence-corrected chi connectivity index (χ0v) is 15.8. The van der Waals surface area contributed by atoms with Gasteiger partial charge in [-0.1, -0.05) is 44.2 Å². The normalized spacial score (nSPS) is 13.0. The molecule has 1 aromatic heterocycles. The van der Waals surface area contributed by atoms with Crippen LogP contribution in [-0.4, -0.2) is 21.0 Å². The Morgan fingerprint density at radius 1 is 1.14 bits per heavy atom. The predicted octanol–water partition coefficient (Wildman–Crippen LogP) is 4.35. The second kappa shape index (κ2) is 8.71. The van der Waals surface area contributed by atoms with Crippen LogP contribution in [0.4, 0.5) is 10.2 Å². The van der Waals surface area contributed by atoms with Crippen LogP contribution >= 0.6 is 0 Å². The van der Waals surface area contributed by atoms with E-state index in [-0.39, 0.29) is 29.2 Å². The van der Waals surface area contributed by atoms with Gasteiger partial charge >= 0.3 is 0 Å². The van der Waals surface area contributed by atoms with Crippen LogP contribution in [0, 0.1) is 11.7 Å². The molecule has 0 saturated heterocycles. The van der Waals surface area contributed by atoms with Gasteiger partial charge in [0.05, 0.1) is 11.9 Å². The number of carbonyl (C=O) groups excluding carboxylic acids is 1. The molecule has 1 amide bonds. The average molecular weight is 379 g/mol. The Morgan fingerprint density at radius 2 is 1.82 bits per heavy atom. The standard InChI is InChI=1S/C22H22FN3O2/c1-3-14(2)22(28)26-21-19(20(27)16-7-5-4-6-8-16)25-18(13-24-21)15-9-11-17(23)12-10-15/h4-14,20,27H,3H2,1-2H3,(H,24,26,28). The minimum Gasteiger partial charge on any atom is -0.382 e. The molecular formula is C22H22FN3O2. The van der Waals surface area contributed by atoms with Crippen molar-refractivity contribution in [2.24, 2.45) is 5.92 Å². The summed E-state index contributed by atoms with van der Waals surface area (Å²) in [7, 11) is 0. The molecule has 6 heteroatoms. The summed E-state index contributed by atoms with van der Waals surface area (Å²) in [6.45, 7) is 3.75. The molecule has 2 aromatic carbocycles. The molecule has 0 fully saturated rings. The number of amides is 1. The molecule has 0 saturated carbocycles. The monoisotopic (exact) mass is 379 g/mol. The van der Waals surface area contributed by atoms with Crippen molar-refractivity contribution in [1.29, 1.82) is 0 Å². The van der Waals surface area contributed by atoms with Crippen molar-refractivity contribution in [3.05, 3.63) is 77.9 Å². The zero-order chi connectivity index (χ0) is 20.1. The van der Waals surface area contributed by atoms with E-state index in [1.54, 1.807) is 24.3 Å². The van der Waals surface area contributed by atoms with E-state index in [0.717, 1.165) is 0 Å². The molecule has 2 atom stereocenters. The Balaban J connectivity index is 2.03. The number of hydrogen-bond acceptors (Lipinski definition) is 4. The fourth-order valence-corrected chi connectivity index (χ4v) is 2.67. The highest BCUT2D eigenvalue weighted by Crippen LogP contribution is 2.28. The van der Waals surface area contributed by atoms with Gasteiger partial charge in [0.25, 0.3) is 0 Å². The van der Waals surface area contributed by atoms with Gasteiger partial charge in [-0.25, -0.2) is 14.4 Å². The summed E-state index contributed by atoms with van der Waals surface area (Å²) in [5.74, 6) is -0.514. The maximum Gasteiger partial charge on any atom is 0.228 e. The van der Waals surface area contributed by atoms with Gasteiger partial charge in [0, 0.05) is 11.5 Å². The maximum absolute atomic E-state index is 13.2. The number of benzene rings is 2. The van der Waals surface area contributed by atoms with Crippen LogP contribution in [0.25, 0.3) is 11.3 Å². The molecule has 0 spiro atoms. The second-order valence-corrected chi connectivity index (χ2v) is 6.61. The highest BCUT2D eigenvalue weighted by atomic mass is 19.1.